The van der Waals surface area contributed by atoms with Gasteiger partial charge in [-0.3, -0.25) is 19.8 Å². The number of amides is 1. The van der Waals surface area contributed by atoms with E-state index in [0.29, 0.717) is 23.3 Å². The smallest absolute Gasteiger partial charge is 0.258 e. The molecule has 1 aromatic carbocycles. The Morgan fingerprint density at radius 3 is 2.30 bits per heavy atom. The number of Topliss-reactive ketones (excluding diaryl/α,β-unsaturated/α-hetero) is 2. The maximum Gasteiger partial charge on any atom is 0.258 e. The number of hydrazone groups is 1. The second-order valence-corrected chi connectivity index (χ2v) is 5.91. The number of carbonyl (C=O) groups excluding carboxylic acids is 3. The Hall–Kier alpha value is -2.38. The summed E-state index contributed by atoms with van der Waals surface area (Å²) in [5, 5.41) is 3.97. The Kier molecular flexibility index (Phi) is 4.06. The lowest BCUT2D eigenvalue weighted by molar-refractivity contribution is -0.122. The molecular weight excluding hydrogens is 296 g/mol. The fourth-order valence-corrected chi connectivity index (χ4v) is 2.89. The van der Waals surface area contributed by atoms with E-state index in [2.05, 4.69) is 21.4 Å². The SMILES string of the molecule is C/C(=N\NC(=O)C1CC(C)NN1)C1C(=O)c2ccccc2C1=O. The zero-order valence-electron chi connectivity index (χ0n) is 12.9. The molecule has 1 saturated heterocycles. The van der Waals surface area contributed by atoms with Gasteiger partial charge in [0.15, 0.2) is 11.6 Å². The maximum absolute atomic E-state index is 12.4. The summed E-state index contributed by atoms with van der Waals surface area (Å²) in [4.78, 5) is 36.7. The molecular formula is C16H18N4O3. The molecule has 23 heavy (non-hydrogen) atoms. The van der Waals surface area contributed by atoms with E-state index in [1.54, 1.807) is 31.2 Å². The lowest BCUT2D eigenvalue weighted by atomic mass is 9.99. The van der Waals surface area contributed by atoms with Gasteiger partial charge in [0, 0.05) is 17.2 Å². The van der Waals surface area contributed by atoms with Crippen molar-refractivity contribution in [3.05, 3.63) is 35.4 Å². The van der Waals surface area contributed by atoms with Crippen LogP contribution in [0.4, 0.5) is 0 Å². The minimum Gasteiger partial charge on any atom is -0.293 e. The number of fused-ring (bicyclic) bond motifs is 1. The summed E-state index contributed by atoms with van der Waals surface area (Å²) >= 11 is 0. The summed E-state index contributed by atoms with van der Waals surface area (Å²) in [5.41, 5.74) is 9.38. The molecule has 1 aliphatic carbocycles. The van der Waals surface area contributed by atoms with Crippen LogP contribution in [0.3, 0.4) is 0 Å². The molecule has 7 nitrogen and oxygen atoms in total. The molecule has 7 heteroatoms. The summed E-state index contributed by atoms with van der Waals surface area (Å²) in [5.74, 6) is -1.77. The van der Waals surface area contributed by atoms with Crippen LogP contribution >= 0.6 is 0 Å². The van der Waals surface area contributed by atoms with E-state index in [1.807, 2.05) is 6.92 Å². The van der Waals surface area contributed by atoms with Crippen molar-refractivity contribution < 1.29 is 14.4 Å². The van der Waals surface area contributed by atoms with Crippen molar-refractivity contribution in [2.24, 2.45) is 11.0 Å². The van der Waals surface area contributed by atoms with Gasteiger partial charge in [-0.05, 0) is 20.3 Å². The normalized spacial score (nSPS) is 24.9. The highest BCUT2D eigenvalue weighted by Gasteiger charge is 2.40. The second-order valence-electron chi connectivity index (χ2n) is 5.91. The average molecular weight is 314 g/mol. The van der Waals surface area contributed by atoms with Crippen LogP contribution in [-0.2, 0) is 4.79 Å². The molecule has 1 amide bonds. The summed E-state index contributed by atoms with van der Waals surface area (Å²) in [6.45, 7) is 3.54. The highest BCUT2D eigenvalue weighted by molar-refractivity contribution is 6.36. The van der Waals surface area contributed by atoms with E-state index in [9.17, 15) is 14.4 Å². The number of nitrogens with one attached hydrogen (secondary N) is 3. The van der Waals surface area contributed by atoms with E-state index >= 15 is 0 Å². The summed E-state index contributed by atoms with van der Waals surface area (Å²) in [6, 6.07) is 6.53. The van der Waals surface area contributed by atoms with E-state index in [1.165, 1.54) is 0 Å². The van der Waals surface area contributed by atoms with Crippen LogP contribution in [0.25, 0.3) is 0 Å². The zero-order chi connectivity index (χ0) is 16.6. The number of ketones is 2. The maximum atomic E-state index is 12.4. The Balaban J connectivity index is 1.71. The first-order valence-electron chi connectivity index (χ1n) is 7.51. The number of hydrogen-bond acceptors (Lipinski definition) is 6. The number of hydrogen-bond donors (Lipinski definition) is 3. The Labute approximate surface area is 133 Å². The number of rotatable bonds is 3. The van der Waals surface area contributed by atoms with Crippen LogP contribution < -0.4 is 16.3 Å². The van der Waals surface area contributed by atoms with Crippen LogP contribution in [0.15, 0.2) is 29.4 Å². The molecule has 1 aromatic rings. The lowest BCUT2D eigenvalue weighted by Crippen LogP contribution is -2.42. The van der Waals surface area contributed by atoms with Crippen molar-refractivity contribution in [3.8, 4) is 0 Å². The van der Waals surface area contributed by atoms with E-state index in [4.69, 9.17) is 0 Å². The van der Waals surface area contributed by atoms with Gasteiger partial charge in [-0.1, -0.05) is 24.3 Å². The number of carbonyl (C=O) groups is 3. The van der Waals surface area contributed by atoms with Crippen molar-refractivity contribution in [3.63, 3.8) is 0 Å². The Morgan fingerprint density at radius 1 is 1.17 bits per heavy atom. The van der Waals surface area contributed by atoms with Gasteiger partial charge in [-0.15, -0.1) is 0 Å². The van der Waals surface area contributed by atoms with Crippen LogP contribution in [0, 0.1) is 5.92 Å². The predicted molar refractivity (Wildman–Crippen MR) is 84.0 cm³/mol. The molecule has 2 unspecified atom stereocenters. The quantitative estimate of drug-likeness (QED) is 0.427. The molecule has 0 aromatic heterocycles. The zero-order valence-corrected chi connectivity index (χ0v) is 12.9. The van der Waals surface area contributed by atoms with Crippen molar-refractivity contribution in [1.82, 2.24) is 16.3 Å². The first kappa shape index (κ1) is 15.5. The van der Waals surface area contributed by atoms with Gasteiger partial charge in [0.2, 0.25) is 0 Å². The van der Waals surface area contributed by atoms with Crippen molar-refractivity contribution in [2.45, 2.75) is 32.4 Å². The molecule has 2 aliphatic rings. The van der Waals surface area contributed by atoms with Crippen molar-refractivity contribution >= 4 is 23.2 Å². The molecule has 0 bridgehead atoms. The van der Waals surface area contributed by atoms with Gasteiger partial charge >= 0.3 is 0 Å². The van der Waals surface area contributed by atoms with Gasteiger partial charge in [-0.25, -0.2) is 10.9 Å². The van der Waals surface area contributed by atoms with Gasteiger partial charge in [0.1, 0.15) is 12.0 Å². The third-order valence-corrected chi connectivity index (χ3v) is 4.15. The standard InChI is InChI=1S/C16H18N4O3/c1-8-7-12(19-17-8)16(23)20-18-9(2)13-14(21)10-5-3-4-6-11(10)15(13)22/h3-6,8,12-13,17,19H,7H2,1-2H3,(H,20,23)/b18-9+. The molecule has 3 N–H and O–H groups in total. The summed E-state index contributed by atoms with van der Waals surface area (Å²) in [6.07, 6.45) is 0.646. The minimum absolute atomic E-state index is 0.198. The van der Waals surface area contributed by atoms with Gasteiger partial charge < -0.3 is 0 Å². The number of hydrazine groups is 1. The van der Waals surface area contributed by atoms with E-state index in [0.717, 1.165) is 0 Å². The molecule has 0 radical (unpaired) electrons. The molecule has 1 aliphatic heterocycles. The fraction of sp³-hybridized carbons (Fsp3) is 0.375. The van der Waals surface area contributed by atoms with Gasteiger partial charge in [0.05, 0.1) is 5.71 Å². The average Bonchev–Trinajstić information content (AvgIpc) is 3.08. The van der Waals surface area contributed by atoms with Crippen molar-refractivity contribution in [2.75, 3.05) is 0 Å². The first-order chi connectivity index (χ1) is 11.0. The molecule has 0 spiro atoms. The predicted octanol–water partition coefficient (Wildman–Crippen LogP) is 0.429. The molecule has 1 fully saturated rings. The summed E-state index contributed by atoms with van der Waals surface area (Å²) in [7, 11) is 0. The Bertz CT molecular complexity index is 678. The second kappa shape index (κ2) is 6.02. The largest absolute Gasteiger partial charge is 0.293 e. The minimum atomic E-state index is -0.943. The van der Waals surface area contributed by atoms with Crippen LogP contribution in [-0.4, -0.2) is 35.3 Å². The molecule has 1 heterocycles. The topological polar surface area (TPSA) is 99.7 Å². The van der Waals surface area contributed by atoms with Gasteiger partial charge in [0.25, 0.3) is 5.91 Å². The molecule has 120 valence electrons. The van der Waals surface area contributed by atoms with Crippen LogP contribution in [0.2, 0.25) is 0 Å². The van der Waals surface area contributed by atoms with Crippen LogP contribution in [0.1, 0.15) is 41.0 Å². The van der Waals surface area contributed by atoms with Gasteiger partial charge in [-0.2, -0.15) is 5.10 Å². The van der Waals surface area contributed by atoms with Crippen LogP contribution in [0.5, 0.6) is 0 Å². The number of benzene rings is 1. The fourth-order valence-electron chi connectivity index (χ4n) is 2.89. The van der Waals surface area contributed by atoms with E-state index in [-0.39, 0.29) is 29.6 Å². The van der Waals surface area contributed by atoms with E-state index < -0.39 is 5.92 Å². The van der Waals surface area contributed by atoms with Crippen molar-refractivity contribution in [1.29, 1.82) is 0 Å². The molecule has 2 atom stereocenters. The highest BCUT2D eigenvalue weighted by Crippen LogP contribution is 2.27. The lowest BCUT2D eigenvalue weighted by Gasteiger charge is -2.10. The highest BCUT2D eigenvalue weighted by atomic mass is 16.2. The molecule has 3 rings (SSSR count). The number of nitrogens with zero attached hydrogens (tertiary/aromatic N) is 1. The third-order valence-electron chi connectivity index (χ3n) is 4.15. The molecule has 0 saturated carbocycles. The summed E-state index contributed by atoms with van der Waals surface area (Å²) < 4.78 is 0. The monoisotopic (exact) mass is 314 g/mol. The Morgan fingerprint density at radius 2 is 1.78 bits per heavy atom. The third kappa shape index (κ3) is 2.80. The first-order valence-corrected chi connectivity index (χ1v) is 7.51.